The number of hydrogen-bond donors (Lipinski definition) is 2. The minimum atomic E-state index is -0.986. The van der Waals surface area contributed by atoms with Gasteiger partial charge >= 0.3 is 6.03 Å². The average Bonchev–Trinajstić information content (AvgIpc) is 3.25. The lowest BCUT2D eigenvalue weighted by molar-refractivity contribution is -0.139. The molecular formula is C20H28N4O5. The average molecular weight is 404 g/mol. The highest BCUT2D eigenvalue weighted by molar-refractivity contribution is 6.07. The molecule has 0 radical (unpaired) electrons. The number of rotatable bonds is 7. The topological polar surface area (TPSA) is 100 Å². The molecule has 2 atom stereocenters. The summed E-state index contributed by atoms with van der Waals surface area (Å²) in [6.45, 7) is 4.28. The molecule has 0 bridgehead atoms. The molecule has 3 rings (SSSR count). The van der Waals surface area contributed by atoms with Crippen molar-refractivity contribution in [3.05, 3.63) is 23.8 Å². The first kappa shape index (κ1) is 20.9. The zero-order valence-corrected chi connectivity index (χ0v) is 17.3. The fraction of sp³-hybridized carbons (Fsp3) is 0.550. The van der Waals surface area contributed by atoms with Crippen LogP contribution in [0.3, 0.4) is 0 Å². The number of imide groups is 1. The molecular weight excluding hydrogens is 376 g/mol. The van der Waals surface area contributed by atoms with Gasteiger partial charge in [0.15, 0.2) is 11.5 Å². The second-order valence-electron chi connectivity index (χ2n) is 7.53. The molecule has 158 valence electrons. The van der Waals surface area contributed by atoms with E-state index in [9.17, 15) is 14.4 Å². The van der Waals surface area contributed by atoms with E-state index in [2.05, 4.69) is 10.7 Å². The number of methoxy groups -OCH3 is 2. The van der Waals surface area contributed by atoms with Gasteiger partial charge in [0.2, 0.25) is 0 Å². The molecule has 1 aromatic carbocycles. The van der Waals surface area contributed by atoms with E-state index in [4.69, 9.17) is 9.47 Å². The van der Waals surface area contributed by atoms with Crippen molar-refractivity contribution in [1.82, 2.24) is 20.7 Å². The van der Waals surface area contributed by atoms with E-state index in [0.29, 0.717) is 17.9 Å². The van der Waals surface area contributed by atoms with Crippen LogP contribution in [0.5, 0.6) is 11.5 Å². The smallest absolute Gasteiger partial charge is 0.344 e. The molecule has 29 heavy (non-hydrogen) atoms. The molecule has 0 saturated carbocycles. The monoisotopic (exact) mass is 404 g/mol. The Hall–Kier alpha value is -2.81. The number of nitrogens with zero attached hydrogens (tertiary/aromatic N) is 2. The van der Waals surface area contributed by atoms with Gasteiger partial charge in [-0.1, -0.05) is 13.0 Å². The van der Waals surface area contributed by atoms with E-state index in [0.717, 1.165) is 30.0 Å². The van der Waals surface area contributed by atoms with Crippen LogP contribution >= 0.6 is 0 Å². The van der Waals surface area contributed by atoms with Crippen molar-refractivity contribution in [2.75, 3.05) is 27.3 Å². The Morgan fingerprint density at radius 3 is 2.62 bits per heavy atom. The fourth-order valence-electron chi connectivity index (χ4n) is 3.82. The molecule has 2 aliphatic rings. The zero-order chi connectivity index (χ0) is 21.2. The van der Waals surface area contributed by atoms with Crippen molar-refractivity contribution in [2.24, 2.45) is 0 Å². The third kappa shape index (κ3) is 4.00. The van der Waals surface area contributed by atoms with E-state index >= 15 is 0 Å². The van der Waals surface area contributed by atoms with E-state index < -0.39 is 23.4 Å². The quantitative estimate of drug-likeness (QED) is 0.670. The summed E-state index contributed by atoms with van der Waals surface area (Å²) in [5, 5.41) is 3.41. The fourth-order valence-corrected chi connectivity index (χ4v) is 3.82. The Balaban J connectivity index is 1.67. The first-order valence-electron chi connectivity index (χ1n) is 9.75. The Kier molecular flexibility index (Phi) is 5.97. The summed E-state index contributed by atoms with van der Waals surface area (Å²) in [5.41, 5.74) is 2.50. The summed E-state index contributed by atoms with van der Waals surface area (Å²) < 4.78 is 10.7. The van der Waals surface area contributed by atoms with Gasteiger partial charge < -0.3 is 14.8 Å². The van der Waals surface area contributed by atoms with Crippen LogP contribution in [0.4, 0.5) is 4.79 Å². The SMILES string of the molecule is CC[C@]1(C)NC(=O)N(NC(=O)CN2CCC[C@@H]2c2ccc(OC)c(OC)c2)C1=O. The normalized spacial score (nSPS) is 24.6. The number of ether oxygens (including phenoxy) is 2. The van der Waals surface area contributed by atoms with Crippen LogP contribution in [-0.2, 0) is 9.59 Å². The summed E-state index contributed by atoms with van der Waals surface area (Å²) >= 11 is 0. The van der Waals surface area contributed by atoms with Gasteiger partial charge in [0.25, 0.3) is 11.8 Å². The lowest BCUT2D eigenvalue weighted by atomic mass is 10.00. The predicted octanol–water partition coefficient (Wildman–Crippen LogP) is 1.59. The third-order valence-electron chi connectivity index (χ3n) is 5.71. The standard InChI is InChI=1S/C20H28N4O5/c1-5-20(2)18(26)24(19(27)21-20)22-17(25)12-23-10-6-7-14(23)13-8-9-15(28-3)16(11-13)29-4/h8-9,11,14H,5-7,10,12H2,1-4H3,(H,21,27)(H,22,25)/t14-,20+/m1/s1. The molecule has 1 aromatic rings. The second kappa shape index (κ2) is 8.28. The van der Waals surface area contributed by atoms with Gasteiger partial charge in [-0.3, -0.25) is 19.9 Å². The Morgan fingerprint density at radius 2 is 2.00 bits per heavy atom. The van der Waals surface area contributed by atoms with Crippen LogP contribution < -0.4 is 20.2 Å². The highest BCUT2D eigenvalue weighted by Crippen LogP contribution is 2.36. The lowest BCUT2D eigenvalue weighted by Gasteiger charge is -2.26. The van der Waals surface area contributed by atoms with Crippen LogP contribution in [0.25, 0.3) is 0 Å². The molecule has 2 aliphatic heterocycles. The van der Waals surface area contributed by atoms with Crippen LogP contribution in [-0.4, -0.2) is 60.6 Å². The van der Waals surface area contributed by atoms with E-state index in [1.54, 1.807) is 21.1 Å². The van der Waals surface area contributed by atoms with Crippen molar-refractivity contribution in [2.45, 2.75) is 44.7 Å². The van der Waals surface area contributed by atoms with Gasteiger partial charge in [0.05, 0.1) is 20.8 Å². The maximum absolute atomic E-state index is 12.6. The number of likely N-dealkylation sites (tertiary alicyclic amines) is 1. The summed E-state index contributed by atoms with van der Waals surface area (Å²) in [5.74, 6) is 0.438. The lowest BCUT2D eigenvalue weighted by Crippen LogP contribution is -2.51. The first-order chi connectivity index (χ1) is 13.8. The molecule has 9 heteroatoms. The number of nitrogens with one attached hydrogen (secondary N) is 2. The maximum atomic E-state index is 12.6. The molecule has 2 heterocycles. The molecule has 4 amide bonds. The number of urea groups is 1. The second-order valence-corrected chi connectivity index (χ2v) is 7.53. The molecule has 9 nitrogen and oxygen atoms in total. The number of hydrazine groups is 1. The van der Waals surface area contributed by atoms with Crippen molar-refractivity contribution in [1.29, 1.82) is 0 Å². The number of carbonyl (C=O) groups excluding carboxylic acids is 3. The molecule has 0 aromatic heterocycles. The predicted molar refractivity (Wildman–Crippen MR) is 105 cm³/mol. The van der Waals surface area contributed by atoms with Gasteiger partial charge in [-0.15, -0.1) is 0 Å². The minimum absolute atomic E-state index is 0.0459. The van der Waals surface area contributed by atoms with E-state index in [1.807, 2.05) is 30.0 Å². The summed E-state index contributed by atoms with van der Waals surface area (Å²) in [4.78, 5) is 39.1. The third-order valence-corrected chi connectivity index (χ3v) is 5.71. The van der Waals surface area contributed by atoms with E-state index in [-0.39, 0.29) is 12.6 Å². The number of amides is 4. The van der Waals surface area contributed by atoms with Crippen molar-refractivity contribution >= 4 is 17.8 Å². The van der Waals surface area contributed by atoms with Crippen molar-refractivity contribution in [3.8, 4) is 11.5 Å². The van der Waals surface area contributed by atoms with Crippen molar-refractivity contribution < 1.29 is 23.9 Å². The number of benzene rings is 1. The number of hydrogen-bond acceptors (Lipinski definition) is 6. The van der Waals surface area contributed by atoms with Gasteiger partial charge in [-0.25, -0.2) is 4.79 Å². The van der Waals surface area contributed by atoms with Gasteiger partial charge in [-0.05, 0) is 50.4 Å². The zero-order valence-electron chi connectivity index (χ0n) is 17.3. The largest absolute Gasteiger partial charge is 0.493 e. The van der Waals surface area contributed by atoms with Gasteiger partial charge in [-0.2, -0.15) is 5.01 Å². The number of carbonyl (C=O) groups is 3. The highest BCUT2D eigenvalue weighted by atomic mass is 16.5. The molecule has 2 N–H and O–H groups in total. The maximum Gasteiger partial charge on any atom is 0.344 e. The van der Waals surface area contributed by atoms with Gasteiger partial charge in [0.1, 0.15) is 5.54 Å². The first-order valence-corrected chi connectivity index (χ1v) is 9.75. The van der Waals surface area contributed by atoms with Crippen molar-refractivity contribution in [3.63, 3.8) is 0 Å². The summed E-state index contributed by atoms with van der Waals surface area (Å²) in [6.07, 6.45) is 2.29. The molecule has 2 fully saturated rings. The van der Waals surface area contributed by atoms with E-state index in [1.165, 1.54) is 0 Å². The highest BCUT2D eigenvalue weighted by Gasteiger charge is 2.47. The van der Waals surface area contributed by atoms with Crippen LogP contribution in [0.1, 0.15) is 44.7 Å². The van der Waals surface area contributed by atoms with Crippen LogP contribution in [0, 0.1) is 0 Å². The molecule has 0 unspecified atom stereocenters. The van der Waals surface area contributed by atoms with Crippen LogP contribution in [0.15, 0.2) is 18.2 Å². The Morgan fingerprint density at radius 1 is 1.28 bits per heavy atom. The summed E-state index contributed by atoms with van der Waals surface area (Å²) in [7, 11) is 3.17. The minimum Gasteiger partial charge on any atom is -0.493 e. The summed E-state index contributed by atoms with van der Waals surface area (Å²) in [6, 6.07) is 5.18. The molecule has 2 saturated heterocycles. The Bertz CT molecular complexity index is 814. The van der Waals surface area contributed by atoms with Gasteiger partial charge in [0, 0.05) is 6.04 Å². The van der Waals surface area contributed by atoms with Crippen LogP contribution in [0.2, 0.25) is 0 Å². The Labute approximate surface area is 170 Å². The molecule has 0 spiro atoms. The molecule has 0 aliphatic carbocycles.